The Labute approximate surface area is 115 Å². The molecule has 0 atom stereocenters. The van der Waals surface area contributed by atoms with E-state index < -0.39 is 0 Å². The van der Waals surface area contributed by atoms with Crippen LogP contribution in [0.25, 0.3) is 0 Å². The van der Waals surface area contributed by atoms with Crippen LogP contribution in [0.3, 0.4) is 0 Å². The predicted octanol–water partition coefficient (Wildman–Crippen LogP) is 3.03. The second-order valence-corrected chi connectivity index (χ2v) is 5.01. The molecule has 18 heavy (non-hydrogen) atoms. The Morgan fingerprint density at radius 1 is 1.17 bits per heavy atom. The Balaban J connectivity index is 1.96. The van der Waals surface area contributed by atoms with Gasteiger partial charge in [0.25, 0.3) is 5.56 Å². The fourth-order valence-corrected chi connectivity index (χ4v) is 2.05. The Kier molecular flexibility index (Phi) is 4.20. The fourth-order valence-electron chi connectivity index (χ4n) is 1.79. The van der Waals surface area contributed by atoms with Gasteiger partial charge >= 0.3 is 0 Å². The molecule has 0 saturated carbocycles. The molecule has 0 spiro atoms. The maximum Gasteiger partial charge on any atom is 0.250 e. The molecule has 1 aromatic carbocycles. The molecule has 94 valence electrons. The summed E-state index contributed by atoms with van der Waals surface area (Å²) in [6.45, 7) is 3.34. The summed E-state index contributed by atoms with van der Waals surface area (Å²) in [5, 5.41) is 3.29. The molecule has 0 fully saturated rings. The zero-order valence-corrected chi connectivity index (χ0v) is 11.8. The van der Waals surface area contributed by atoms with Crippen LogP contribution in [0.1, 0.15) is 5.69 Å². The molecule has 2 rings (SSSR count). The SMILES string of the molecule is Cc1cccc(=O)n1CCNc1ccc(Br)cc1. The second-order valence-electron chi connectivity index (χ2n) is 4.09. The molecule has 1 N–H and O–H groups in total. The van der Waals surface area contributed by atoms with E-state index in [4.69, 9.17) is 0 Å². The van der Waals surface area contributed by atoms with Gasteiger partial charge in [-0.05, 0) is 37.3 Å². The summed E-state index contributed by atoms with van der Waals surface area (Å²) >= 11 is 3.40. The number of halogens is 1. The number of nitrogens with one attached hydrogen (secondary N) is 1. The van der Waals surface area contributed by atoms with Crippen LogP contribution in [0, 0.1) is 6.92 Å². The lowest BCUT2D eigenvalue weighted by molar-refractivity contribution is 0.675. The first kappa shape index (κ1) is 12.9. The molecule has 1 aromatic heterocycles. The molecule has 0 amide bonds. The van der Waals surface area contributed by atoms with Crippen molar-refractivity contribution in [3.8, 4) is 0 Å². The molecular formula is C14H15BrN2O. The lowest BCUT2D eigenvalue weighted by atomic mass is 10.3. The highest BCUT2D eigenvalue weighted by Crippen LogP contribution is 2.13. The minimum Gasteiger partial charge on any atom is -0.383 e. The minimum absolute atomic E-state index is 0.0487. The summed E-state index contributed by atoms with van der Waals surface area (Å²) in [5.41, 5.74) is 2.09. The molecule has 0 bridgehead atoms. The topological polar surface area (TPSA) is 34.0 Å². The van der Waals surface area contributed by atoms with E-state index in [-0.39, 0.29) is 5.56 Å². The summed E-state index contributed by atoms with van der Waals surface area (Å²) in [4.78, 5) is 11.7. The highest BCUT2D eigenvalue weighted by molar-refractivity contribution is 9.10. The van der Waals surface area contributed by atoms with Crippen LogP contribution in [0.15, 0.2) is 51.7 Å². The molecular weight excluding hydrogens is 292 g/mol. The number of anilines is 1. The summed E-state index contributed by atoms with van der Waals surface area (Å²) in [5.74, 6) is 0. The number of rotatable bonds is 4. The minimum atomic E-state index is 0.0487. The third-order valence-corrected chi connectivity index (χ3v) is 3.31. The molecule has 0 radical (unpaired) electrons. The van der Waals surface area contributed by atoms with Crippen LogP contribution in [0.5, 0.6) is 0 Å². The molecule has 0 aliphatic heterocycles. The summed E-state index contributed by atoms with van der Waals surface area (Å²) in [6.07, 6.45) is 0. The van der Waals surface area contributed by atoms with Gasteiger partial charge in [0.15, 0.2) is 0 Å². The third kappa shape index (κ3) is 3.23. The quantitative estimate of drug-likeness (QED) is 0.942. The van der Waals surface area contributed by atoms with Gasteiger partial charge in [-0.25, -0.2) is 0 Å². The number of hydrogen-bond donors (Lipinski definition) is 1. The van der Waals surface area contributed by atoms with Crippen LogP contribution >= 0.6 is 15.9 Å². The zero-order chi connectivity index (χ0) is 13.0. The number of benzene rings is 1. The van der Waals surface area contributed by atoms with Crippen molar-refractivity contribution in [2.45, 2.75) is 13.5 Å². The summed E-state index contributed by atoms with van der Waals surface area (Å²) < 4.78 is 2.83. The van der Waals surface area contributed by atoms with Crippen LogP contribution in [0.4, 0.5) is 5.69 Å². The largest absolute Gasteiger partial charge is 0.383 e. The molecule has 2 aromatic rings. The van der Waals surface area contributed by atoms with Gasteiger partial charge in [-0.15, -0.1) is 0 Å². The maximum absolute atomic E-state index is 11.7. The van der Waals surface area contributed by atoms with Gasteiger partial charge in [0.1, 0.15) is 0 Å². The van der Waals surface area contributed by atoms with Crippen molar-refractivity contribution in [1.29, 1.82) is 0 Å². The third-order valence-electron chi connectivity index (χ3n) is 2.78. The van der Waals surface area contributed by atoms with Crippen molar-refractivity contribution in [2.24, 2.45) is 0 Å². The normalized spacial score (nSPS) is 10.3. The Morgan fingerprint density at radius 3 is 2.56 bits per heavy atom. The highest BCUT2D eigenvalue weighted by Gasteiger charge is 1.98. The first-order valence-electron chi connectivity index (χ1n) is 5.83. The van der Waals surface area contributed by atoms with E-state index in [0.29, 0.717) is 6.54 Å². The molecule has 0 aliphatic carbocycles. The van der Waals surface area contributed by atoms with Gasteiger partial charge < -0.3 is 9.88 Å². The average molecular weight is 307 g/mol. The lowest BCUT2D eigenvalue weighted by Gasteiger charge is -2.11. The molecule has 3 nitrogen and oxygen atoms in total. The van der Waals surface area contributed by atoms with E-state index in [0.717, 1.165) is 22.4 Å². The van der Waals surface area contributed by atoms with E-state index in [9.17, 15) is 4.79 Å². The van der Waals surface area contributed by atoms with E-state index in [1.807, 2.05) is 37.3 Å². The first-order chi connectivity index (χ1) is 8.66. The number of aryl methyl sites for hydroxylation is 1. The standard InChI is InChI=1S/C14H15BrN2O/c1-11-3-2-4-14(18)17(11)10-9-16-13-7-5-12(15)6-8-13/h2-8,16H,9-10H2,1H3. The Bertz CT molecular complexity index is 575. The average Bonchev–Trinajstić information content (AvgIpc) is 2.35. The second kappa shape index (κ2) is 5.87. The zero-order valence-electron chi connectivity index (χ0n) is 10.2. The van der Waals surface area contributed by atoms with Crippen LogP contribution in [-0.2, 0) is 6.54 Å². The van der Waals surface area contributed by atoms with Crippen LogP contribution in [-0.4, -0.2) is 11.1 Å². The van der Waals surface area contributed by atoms with E-state index in [1.54, 1.807) is 16.7 Å². The Hall–Kier alpha value is -1.55. The smallest absolute Gasteiger partial charge is 0.250 e. The van der Waals surface area contributed by atoms with Gasteiger partial charge in [0.2, 0.25) is 0 Å². The monoisotopic (exact) mass is 306 g/mol. The molecule has 0 saturated heterocycles. The summed E-state index contributed by atoms with van der Waals surface area (Å²) in [7, 11) is 0. The molecule has 4 heteroatoms. The van der Waals surface area contributed by atoms with Crippen LogP contribution in [0.2, 0.25) is 0 Å². The number of hydrogen-bond acceptors (Lipinski definition) is 2. The molecule has 1 heterocycles. The fraction of sp³-hybridized carbons (Fsp3) is 0.214. The van der Waals surface area contributed by atoms with E-state index in [1.165, 1.54) is 0 Å². The lowest BCUT2D eigenvalue weighted by Crippen LogP contribution is -2.24. The molecule has 0 unspecified atom stereocenters. The number of nitrogens with zero attached hydrogens (tertiary/aromatic N) is 1. The van der Waals surface area contributed by atoms with Crippen LogP contribution < -0.4 is 10.9 Å². The van der Waals surface area contributed by atoms with Gasteiger partial charge in [-0.2, -0.15) is 0 Å². The van der Waals surface area contributed by atoms with Gasteiger partial charge in [0, 0.05) is 35.0 Å². The predicted molar refractivity (Wildman–Crippen MR) is 78.1 cm³/mol. The number of aromatic nitrogens is 1. The van der Waals surface area contributed by atoms with Crippen molar-refractivity contribution >= 4 is 21.6 Å². The van der Waals surface area contributed by atoms with Crippen molar-refractivity contribution in [3.05, 3.63) is 63.0 Å². The number of pyridine rings is 1. The van der Waals surface area contributed by atoms with Crippen molar-refractivity contribution in [1.82, 2.24) is 4.57 Å². The van der Waals surface area contributed by atoms with Gasteiger partial charge in [-0.1, -0.05) is 22.0 Å². The van der Waals surface area contributed by atoms with Gasteiger partial charge in [0.05, 0.1) is 0 Å². The first-order valence-corrected chi connectivity index (χ1v) is 6.62. The van der Waals surface area contributed by atoms with Crippen molar-refractivity contribution in [3.63, 3.8) is 0 Å². The molecule has 0 aliphatic rings. The van der Waals surface area contributed by atoms with Crippen molar-refractivity contribution in [2.75, 3.05) is 11.9 Å². The van der Waals surface area contributed by atoms with Crippen molar-refractivity contribution < 1.29 is 0 Å². The Morgan fingerprint density at radius 2 is 1.89 bits per heavy atom. The summed E-state index contributed by atoms with van der Waals surface area (Å²) in [6, 6.07) is 13.3. The maximum atomic E-state index is 11.7. The van der Waals surface area contributed by atoms with E-state index in [2.05, 4.69) is 21.2 Å². The van der Waals surface area contributed by atoms with Gasteiger partial charge in [-0.3, -0.25) is 4.79 Å². The van der Waals surface area contributed by atoms with E-state index >= 15 is 0 Å². The highest BCUT2D eigenvalue weighted by atomic mass is 79.9.